The summed E-state index contributed by atoms with van der Waals surface area (Å²) in [4.78, 5) is 26.2. The highest BCUT2D eigenvalue weighted by Gasteiger charge is 2.19. The first kappa shape index (κ1) is 17.6. The largest absolute Gasteiger partial charge is 0.369 e. The zero-order chi connectivity index (χ0) is 18.6. The minimum atomic E-state index is -0.738. The van der Waals surface area contributed by atoms with E-state index in [-0.39, 0.29) is 5.52 Å². The Morgan fingerprint density at radius 1 is 0.852 bits per heavy atom. The predicted octanol–water partition coefficient (Wildman–Crippen LogP) is 4.34. The smallest absolute Gasteiger partial charge is 0.208 e. The lowest BCUT2D eigenvalue weighted by Crippen LogP contribution is -2.08. The number of carbonyl (C=O) groups excluding carboxylic acids is 1. The van der Waals surface area contributed by atoms with E-state index in [1.807, 2.05) is 24.3 Å². The molecule has 0 heterocycles. The number of aryl methyl sites for hydroxylation is 2. The number of rotatable bonds is 4. The van der Waals surface area contributed by atoms with Crippen LogP contribution in [0.25, 0.3) is 0 Å². The molecule has 0 aromatic heterocycles. The lowest BCUT2D eigenvalue weighted by molar-refractivity contribution is 0.107. The van der Waals surface area contributed by atoms with Gasteiger partial charge in [0.05, 0.1) is 8.81 Å². The minimum Gasteiger partial charge on any atom is -0.369 e. The zero-order valence-corrected chi connectivity index (χ0v) is 15.6. The van der Waals surface area contributed by atoms with Crippen molar-refractivity contribution in [3.8, 4) is 5.75 Å². The molecule has 1 N–H and O–H groups in total. The number of nitrogens with zero attached hydrogens (tertiary/aromatic N) is 1. The molecular weight excluding hydrogens is 357 g/mol. The van der Waals surface area contributed by atoms with Crippen LogP contribution in [0.15, 0.2) is 78.0 Å². The minimum absolute atomic E-state index is 0.292. The third-order valence-electron chi connectivity index (χ3n) is 4.67. The number of hydrogen-bond donors (Lipinski definition) is 1. The van der Waals surface area contributed by atoms with E-state index in [9.17, 15) is 4.79 Å². The second-order valence-electron chi connectivity index (χ2n) is 6.31. The van der Waals surface area contributed by atoms with Gasteiger partial charge in [-0.2, -0.15) is 0 Å². The van der Waals surface area contributed by atoms with Crippen LogP contribution in [0.1, 0.15) is 32.6 Å². The van der Waals surface area contributed by atoms with E-state index < -0.39 is 8.81 Å². The van der Waals surface area contributed by atoms with Gasteiger partial charge in [-0.25, -0.2) is 0 Å². The highest BCUT2D eigenvalue weighted by molar-refractivity contribution is 7.53. The topological polar surface area (TPSA) is 58.9 Å². The quantitative estimate of drug-likeness (QED) is 0.545. The molecule has 3 aromatic rings. The summed E-state index contributed by atoms with van der Waals surface area (Å²) in [6.45, 7) is 0. The molecule has 0 saturated carbocycles. The first-order valence-corrected chi connectivity index (χ1v) is 9.67. The molecule has 3 aromatic carbocycles. The van der Waals surface area contributed by atoms with Crippen molar-refractivity contribution in [1.29, 1.82) is 0 Å². The second-order valence-corrected chi connectivity index (χ2v) is 6.99. The van der Waals surface area contributed by atoms with Crippen LogP contribution in [0, 0.1) is 0 Å². The van der Waals surface area contributed by atoms with E-state index in [2.05, 4.69) is 29.4 Å². The predicted molar refractivity (Wildman–Crippen MR) is 108 cm³/mol. The first-order valence-electron chi connectivity index (χ1n) is 8.72. The van der Waals surface area contributed by atoms with Gasteiger partial charge in [-0.15, -0.1) is 0 Å². The Hall–Kier alpha value is -2.81. The second kappa shape index (κ2) is 7.83. The molecule has 1 unspecified atom stereocenters. The molecule has 0 amide bonds. The van der Waals surface area contributed by atoms with Gasteiger partial charge in [0.15, 0.2) is 5.75 Å². The van der Waals surface area contributed by atoms with Gasteiger partial charge in [-0.3, -0.25) is 4.79 Å². The Balaban J connectivity index is 1.71. The fourth-order valence-corrected chi connectivity index (χ4v) is 3.58. The fraction of sp³-hybridized carbons (Fsp3) is 0.0909. The monoisotopic (exact) mass is 375 g/mol. The third-order valence-corrected chi connectivity index (χ3v) is 5.16. The molecule has 0 spiro atoms. The van der Waals surface area contributed by atoms with Crippen LogP contribution in [-0.2, 0) is 12.8 Å². The molecule has 0 bridgehead atoms. The van der Waals surface area contributed by atoms with Crippen LogP contribution < -0.4 is 4.84 Å². The van der Waals surface area contributed by atoms with Crippen LogP contribution in [0.4, 0.5) is 0 Å². The van der Waals surface area contributed by atoms with Crippen LogP contribution in [0.3, 0.4) is 0 Å². The van der Waals surface area contributed by atoms with Gasteiger partial charge in [0.2, 0.25) is 5.52 Å². The third kappa shape index (κ3) is 3.68. The Morgan fingerprint density at radius 3 is 1.96 bits per heavy atom. The molecule has 0 radical (unpaired) electrons. The molecule has 0 aliphatic heterocycles. The van der Waals surface area contributed by atoms with Gasteiger partial charge in [-0.05, 0) is 48.2 Å². The Morgan fingerprint density at radius 2 is 1.41 bits per heavy atom. The van der Waals surface area contributed by atoms with Crippen molar-refractivity contribution >= 4 is 20.0 Å². The molecule has 1 aliphatic rings. The molecule has 1 atom stereocenters. The molecule has 5 heteroatoms. The van der Waals surface area contributed by atoms with Crippen LogP contribution >= 0.6 is 8.81 Å². The van der Waals surface area contributed by atoms with E-state index in [0.29, 0.717) is 11.3 Å². The SMILES string of the molecule is O=C(PO)c1ccc(ON=C2c3ccccc3CCc3ccccc32)cc1. The van der Waals surface area contributed by atoms with E-state index in [1.54, 1.807) is 24.3 Å². The average molecular weight is 375 g/mol. The molecule has 27 heavy (non-hydrogen) atoms. The Kier molecular flexibility index (Phi) is 5.10. The molecule has 134 valence electrons. The lowest BCUT2D eigenvalue weighted by Gasteiger charge is -2.10. The normalized spacial score (nSPS) is 13.0. The van der Waals surface area contributed by atoms with E-state index in [4.69, 9.17) is 9.73 Å². The van der Waals surface area contributed by atoms with Gasteiger partial charge in [0.1, 0.15) is 5.71 Å². The van der Waals surface area contributed by atoms with Crippen molar-refractivity contribution in [2.24, 2.45) is 5.16 Å². The van der Waals surface area contributed by atoms with Crippen LogP contribution in [0.2, 0.25) is 0 Å². The summed E-state index contributed by atoms with van der Waals surface area (Å²) in [5.74, 6) is 0.541. The van der Waals surface area contributed by atoms with Gasteiger partial charge in [-0.1, -0.05) is 53.7 Å². The number of fused-ring (bicyclic) bond motifs is 2. The summed E-state index contributed by atoms with van der Waals surface area (Å²) in [6, 6.07) is 23.2. The molecule has 4 nitrogen and oxygen atoms in total. The molecular formula is C22H18NO3P. The maximum atomic E-state index is 11.5. The summed E-state index contributed by atoms with van der Waals surface area (Å²) in [7, 11) is -0.738. The molecule has 0 fully saturated rings. The maximum Gasteiger partial charge on any atom is 0.208 e. The van der Waals surface area contributed by atoms with Gasteiger partial charge in [0.25, 0.3) is 0 Å². The molecule has 1 aliphatic carbocycles. The molecule has 0 saturated heterocycles. The maximum absolute atomic E-state index is 11.5. The summed E-state index contributed by atoms with van der Waals surface area (Å²) in [5, 5.41) is 4.47. The highest BCUT2D eigenvalue weighted by Crippen LogP contribution is 2.26. The van der Waals surface area contributed by atoms with E-state index in [1.165, 1.54) is 11.1 Å². The number of oxime groups is 1. The molecule has 4 rings (SSSR count). The van der Waals surface area contributed by atoms with Crippen LogP contribution in [-0.4, -0.2) is 16.1 Å². The van der Waals surface area contributed by atoms with Crippen LogP contribution in [0.5, 0.6) is 5.75 Å². The van der Waals surface area contributed by atoms with Crippen molar-refractivity contribution in [1.82, 2.24) is 0 Å². The zero-order valence-electron chi connectivity index (χ0n) is 14.6. The standard InChI is InChI=1S/C22H18NO3P/c24-22(27-25)17-11-13-18(14-12-17)26-23-21-19-7-3-1-5-15(19)9-10-16-6-2-4-8-20(16)21/h1-8,11-14,25,27H,9-10H2. The van der Waals surface area contributed by atoms with Gasteiger partial charge >= 0.3 is 0 Å². The number of benzene rings is 3. The first-order chi connectivity index (χ1) is 13.3. The number of hydrogen-bond acceptors (Lipinski definition) is 4. The summed E-state index contributed by atoms with van der Waals surface area (Å²) >= 11 is 0. The summed E-state index contributed by atoms with van der Waals surface area (Å²) in [5.41, 5.74) is 5.64. The lowest BCUT2D eigenvalue weighted by atomic mass is 9.98. The van der Waals surface area contributed by atoms with Crippen molar-refractivity contribution in [3.63, 3.8) is 0 Å². The van der Waals surface area contributed by atoms with Crippen molar-refractivity contribution in [2.45, 2.75) is 12.8 Å². The summed E-state index contributed by atoms with van der Waals surface area (Å²) in [6.07, 6.45) is 1.93. The summed E-state index contributed by atoms with van der Waals surface area (Å²) < 4.78 is 0. The Labute approximate surface area is 159 Å². The van der Waals surface area contributed by atoms with Crippen molar-refractivity contribution in [3.05, 3.63) is 101 Å². The van der Waals surface area contributed by atoms with E-state index >= 15 is 0 Å². The van der Waals surface area contributed by atoms with Gasteiger partial charge < -0.3 is 9.73 Å². The Bertz CT molecular complexity index is 963. The van der Waals surface area contributed by atoms with Crippen molar-refractivity contribution < 1.29 is 14.5 Å². The number of carbonyl (C=O) groups is 1. The highest BCUT2D eigenvalue weighted by atomic mass is 31.1. The average Bonchev–Trinajstić information content (AvgIpc) is 2.89. The van der Waals surface area contributed by atoms with E-state index in [0.717, 1.165) is 29.7 Å². The van der Waals surface area contributed by atoms with Gasteiger partial charge in [0, 0.05) is 16.7 Å². The fourth-order valence-electron chi connectivity index (χ4n) is 3.28. The van der Waals surface area contributed by atoms with Crippen molar-refractivity contribution in [2.75, 3.05) is 0 Å².